The van der Waals surface area contributed by atoms with Crippen LogP contribution >= 0.6 is 0 Å². The molecule has 3 aliphatic heterocycles. The Hall–Kier alpha value is -3.85. The summed E-state index contributed by atoms with van der Waals surface area (Å²) in [6, 6.07) is 13.7. The van der Waals surface area contributed by atoms with Gasteiger partial charge in [-0.15, -0.1) is 0 Å². The summed E-state index contributed by atoms with van der Waals surface area (Å²) in [5.74, 6) is 3.16. The first kappa shape index (κ1) is 18.0. The summed E-state index contributed by atoms with van der Waals surface area (Å²) in [5, 5.41) is 0. The predicted octanol–water partition coefficient (Wildman–Crippen LogP) is 3.07. The van der Waals surface area contributed by atoms with Gasteiger partial charge in [0.15, 0.2) is 11.6 Å². The van der Waals surface area contributed by atoms with E-state index in [-0.39, 0.29) is 12.1 Å². The van der Waals surface area contributed by atoms with E-state index in [1.165, 1.54) is 0 Å². The topological polar surface area (TPSA) is 110 Å². The molecule has 3 aliphatic rings. The van der Waals surface area contributed by atoms with Crippen LogP contribution < -0.4 is 26.2 Å². The molecule has 4 N–H and O–H groups in total. The molecule has 156 valence electrons. The largest absolute Gasteiger partial charge is 0.454 e. The molecule has 6 rings (SSSR count). The summed E-state index contributed by atoms with van der Waals surface area (Å²) in [7, 11) is 0. The standard InChI is InChI=1S/C22H21N7O2/c1-12-11-29(6-7-30-12)19-10-15(25-22(23)26-19)13-8-16-20-18(9-13)31-17-5-3-2-4-14(17)24-21(20)28-27-16/h2-5,8-10,12H,6-7,11H2,1H3,(H2,23,25,26)(H2,24,27,28). The first-order chi connectivity index (χ1) is 15.1. The molecule has 3 aromatic rings. The number of hydrogen-bond donors (Lipinski definition) is 3. The molecule has 0 radical (unpaired) electrons. The van der Waals surface area contributed by atoms with Crippen molar-refractivity contribution in [2.45, 2.75) is 13.0 Å². The molecule has 1 atom stereocenters. The van der Waals surface area contributed by atoms with Crippen molar-refractivity contribution in [2.75, 3.05) is 35.8 Å². The van der Waals surface area contributed by atoms with Gasteiger partial charge in [0.1, 0.15) is 17.3 Å². The van der Waals surface area contributed by atoms with Crippen LogP contribution in [-0.2, 0) is 4.74 Å². The van der Waals surface area contributed by atoms with Gasteiger partial charge < -0.3 is 20.1 Å². The molecule has 9 nitrogen and oxygen atoms in total. The lowest BCUT2D eigenvalue weighted by Gasteiger charge is -2.32. The third kappa shape index (κ3) is 3.10. The Morgan fingerprint density at radius 1 is 1.10 bits per heavy atom. The van der Waals surface area contributed by atoms with E-state index in [9.17, 15) is 0 Å². The van der Waals surface area contributed by atoms with E-state index < -0.39 is 0 Å². The summed E-state index contributed by atoms with van der Waals surface area (Å²) in [6.07, 6.45) is 0.142. The van der Waals surface area contributed by atoms with Gasteiger partial charge in [0.25, 0.3) is 0 Å². The molecule has 9 heteroatoms. The maximum absolute atomic E-state index is 6.25. The van der Waals surface area contributed by atoms with Crippen molar-refractivity contribution < 1.29 is 9.47 Å². The molecule has 1 unspecified atom stereocenters. The van der Waals surface area contributed by atoms with Crippen molar-refractivity contribution >= 4 is 29.0 Å². The third-order valence-electron chi connectivity index (χ3n) is 5.56. The number of ether oxygens (including phenoxy) is 2. The van der Waals surface area contributed by atoms with E-state index >= 15 is 0 Å². The summed E-state index contributed by atoms with van der Waals surface area (Å²) in [6.45, 7) is 4.24. The Balaban J connectivity index is 1.44. The zero-order valence-corrected chi connectivity index (χ0v) is 16.9. The summed E-state index contributed by atoms with van der Waals surface area (Å²) in [4.78, 5) is 15.8. The molecule has 0 bridgehead atoms. The van der Waals surface area contributed by atoms with Gasteiger partial charge in [-0.05, 0) is 31.2 Å². The van der Waals surface area contributed by atoms with Gasteiger partial charge >= 0.3 is 0 Å². The molecular weight excluding hydrogens is 394 g/mol. The average molecular weight is 415 g/mol. The highest BCUT2D eigenvalue weighted by Crippen LogP contribution is 2.43. The molecule has 0 saturated carbocycles. The molecule has 2 aromatic carbocycles. The molecule has 31 heavy (non-hydrogen) atoms. The van der Waals surface area contributed by atoms with Crippen LogP contribution in [0, 0.1) is 0 Å². The number of nitrogens with zero attached hydrogens (tertiary/aromatic N) is 4. The van der Waals surface area contributed by atoms with Crippen LogP contribution in [0.15, 0.2) is 47.5 Å². The number of nitrogen functional groups attached to an aromatic ring is 1. The Bertz CT molecular complexity index is 1230. The molecule has 0 spiro atoms. The van der Waals surface area contributed by atoms with Crippen molar-refractivity contribution in [3.63, 3.8) is 0 Å². The van der Waals surface area contributed by atoms with Crippen LogP contribution in [-0.4, -0.2) is 41.6 Å². The highest BCUT2D eigenvalue weighted by Gasteiger charge is 2.28. The fourth-order valence-electron chi connectivity index (χ4n) is 4.12. The van der Waals surface area contributed by atoms with Gasteiger partial charge in [0, 0.05) is 24.7 Å². The van der Waals surface area contributed by atoms with Crippen LogP contribution in [0.2, 0.25) is 0 Å². The second-order valence-corrected chi connectivity index (χ2v) is 7.77. The number of fused-ring (bicyclic) bond motifs is 1. The number of nitrogens with two attached hydrogens (primary N) is 1. The molecule has 1 saturated heterocycles. The number of nitrogens with one attached hydrogen (secondary N) is 2. The maximum atomic E-state index is 6.25. The second-order valence-electron chi connectivity index (χ2n) is 7.77. The number of para-hydroxylation sites is 2. The van der Waals surface area contributed by atoms with Crippen LogP contribution in [0.3, 0.4) is 0 Å². The lowest BCUT2D eigenvalue weighted by atomic mass is 10.0. The normalized spacial score (nSPS) is 18.7. The Morgan fingerprint density at radius 2 is 2.00 bits per heavy atom. The summed E-state index contributed by atoms with van der Waals surface area (Å²) < 4.78 is 11.9. The lowest BCUT2D eigenvalue weighted by Crippen LogP contribution is -2.41. The third-order valence-corrected chi connectivity index (χ3v) is 5.56. The minimum absolute atomic E-state index is 0.142. The van der Waals surface area contributed by atoms with Crippen molar-refractivity contribution in [3.8, 4) is 22.8 Å². The number of rotatable bonds is 2. The molecule has 0 amide bonds. The van der Waals surface area contributed by atoms with Crippen LogP contribution in [0.1, 0.15) is 12.5 Å². The lowest BCUT2D eigenvalue weighted by molar-refractivity contribution is 0.0529. The molecule has 4 heterocycles. The van der Waals surface area contributed by atoms with Crippen LogP contribution in [0.25, 0.3) is 11.3 Å². The van der Waals surface area contributed by atoms with Crippen molar-refractivity contribution in [2.24, 2.45) is 4.99 Å². The molecule has 0 aliphatic carbocycles. The van der Waals surface area contributed by atoms with E-state index in [0.29, 0.717) is 18.1 Å². The zero-order valence-electron chi connectivity index (χ0n) is 16.9. The van der Waals surface area contributed by atoms with Gasteiger partial charge in [0.05, 0.1) is 29.7 Å². The van der Waals surface area contributed by atoms with Crippen LogP contribution in [0.5, 0.6) is 11.5 Å². The number of anilines is 3. The van der Waals surface area contributed by atoms with Gasteiger partial charge in [-0.25, -0.2) is 9.98 Å². The summed E-state index contributed by atoms with van der Waals surface area (Å²) in [5.41, 5.74) is 16.6. The summed E-state index contributed by atoms with van der Waals surface area (Å²) >= 11 is 0. The highest BCUT2D eigenvalue weighted by molar-refractivity contribution is 6.12. The number of amidine groups is 1. The van der Waals surface area contributed by atoms with Gasteiger partial charge in [-0.3, -0.25) is 10.9 Å². The maximum Gasteiger partial charge on any atom is 0.222 e. The van der Waals surface area contributed by atoms with Gasteiger partial charge in [0.2, 0.25) is 5.95 Å². The van der Waals surface area contributed by atoms with Crippen molar-refractivity contribution in [1.82, 2.24) is 15.4 Å². The number of aliphatic imine (C=N–C) groups is 1. The Morgan fingerprint density at radius 3 is 2.90 bits per heavy atom. The van der Waals surface area contributed by atoms with Gasteiger partial charge in [-0.1, -0.05) is 12.1 Å². The van der Waals surface area contributed by atoms with Crippen LogP contribution in [0.4, 0.5) is 23.1 Å². The van der Waals surface area contributed by atoms with Crippen molar-refractivity contribution in [3.05, 3.63) is 48.0 Å². The van der Waals surface area contributed by atoms with Crippen molar-refractivity contribution in [1.29, 1.82) is 0 Å². The number of morpholine rings is 1. The van der Waals surface area contributed by atoms with Gasteiger partial charge in [-0.2, -0.15) is 4.98 Å². The number of benzene rings is 2. The molecule has 1 aromatic heterocycles. The number of aromatic nitrogens is 2. The monoisotopic (exact) mass is 415 g/mol. The van der Waals surface area contributed by atoms with E-state index in [2.05, 4.69) is 32.6 Å². The zero-order chi connectivity index (χ0) is 20.9. The van der Waals surface area contributed by atoms with E-state index in [1.807, 2.05) is 42.5 Å². The van der Waals surface area contributed by atoms with E-state index in [0.717, 1.165) is 52.9 Å². The Kier molecular flexibility index (Phi) is 3.97. The highest BCUT2D eigenvalue weighted by atomic mass is 16.5. The van der Waals surface area contributed by atoms with E-state index in [4.69, 9.17) is 20.2 Å². The number of hydrazine groups is 1. The number of hydrogen-bond acceptors (Lipinski definition) is 9. The first-order valence-corrected chi connectivity index (χ1v) is 10.2. The predicted molar refractivity (Wildman–Crippen MR) is 119 cm³/mol. The first-order valence-electron chi connectivity index (χ1n) is 10.2. The van der Waals surface area contributed by atoms with E-state index in [1.54, 1.807) is 0 Å². The fraction of sp³-hybridized carbons (Fsp3) is 0.227. The minimum atomic E-state index is 0.142. The fourth-order valence-corrected chi connectivity index (χ4v) is 4.12. The smallest absolute Gasteiger partial charge is 0.222 e. The Labute approximate surface area is 178 Å². The molecule has 1 fully saturated rings. The quantitative estimate of drug-likeness (QED) is 0.586. The average Bonchev–Trinajstić information content (AvgIpc) is 3.09. The molecular formula is C22H21N7O2. The second kappa shape index (κ2) is 6.85. The minimum Gasteiger partial charge on any atom is -0.454 e. The SMILES string of the molecule is CC1CN(c2cc(-c3cc4c5c(c3)Oc3ccccc3N=C5NN4)nc(N)n2)CCO1.